The van der Waals surface area contributed by atoms with E-state index in [1.54, 1.807) is 6.92 Å². The molecule has 1 aliphatic rings. The van der Waals surface area contributed by atoms with Crippen LogP contribution in [-0.2, 0) is 14.4 Å². The highest BCUT2D eigenvalue weighted by Crippen LogP contribution is 2.10. The molecule has 0 bridgehead atoms. The molecule has 1 unspecified atom stereocenters. The van der Waals surface area contributed by atoms with E-state index < -0.39 is 12.1 Å². The third kappa shape index (κ3) is 1.94. The van der Waals surface area contributed by atoms with Gasteiger partial charge in [0, 0.05) is 0 Å². The predicted molar refractivity (Wildman–Crippen MR) is 40.1 cm³/mol. The van der Waals surface area contributed by atoms with Crippen LogP contribution in [0.15, 0.2) is 0 Å². The van der Waals surface area contributed by atoms with Crippen LogP contribution in [-0.4, -0.2) is 48.5 Å². The van der Waals surface area contributed by atoms with Crippen molar-refractivity contribution in [2.45, 2.75) is 19.1 Å². The van der Waals surface area contributed by atoms with Crippen LogP contribution in [0, 0.1) is 0 Å². The molecule has 5 heteroatoms. The van der Waals surface area contributed by atoms with Crippen molar-refractivity contribution >= 4 is 5.97 Å². The zero-order chi connectivity index (χ0) is 9.14. The second-order valence-corrected chi connectivity index (χ2v) is 2.75. The van der Waals surface area contributed by atoms with Gasteiger partial charge in [0.1, 0.15) is 6.04 Å². The third-order valence-electron chi connectivity index (χ3n) is 1.80. The van der Waals surface area contributed by atoms with Gasteiger partial charge in [0.15, 0.2) is 0 Å². The van der Waals surface area contributed by atoms with E-state index in [4.69, 9.17) is 9.94 Å². The lowest BCUT2D eigenvalue weighted by molar-refractivity contribution is -0.174. The summed E-state index contributed by atoms with van der Waals surface area (Å²) in [6.45, 7) is 2.28. The van der Waals surface area contributed by atoms with Crippen molar-refractivity contribution < 1.29 is 19.5 Å². The Morgan fingerprint density at radius 3 is 2.92 bits per heavy atom. The molecule has 0 aromatic carbocycles. The first kappa shape index (κ1) is 9.44. The number of hydrogen-bond acceptors (Lipinski definition) is 5. The summed E-state index contributed by atoms with van der Waals surface area (Å²) in [5.74, 6) is -0.357. The molecule has 1 fully saturated rings. The Hall–Kier alpha value is -0.650. The van der Waals surface area contributed by atoms with E-state index in [0.29, 0.717) is 6.54 Å². The molecule has 0 aromatic rings. The molecule has 0 amide bonds. The molecular weight excluding hydrogens is 162 g/mol. The minimum atomic E-state index is -0.503. The van der Waals surface area contributed by atoms with Gasteiger partial charge in [-0.1, -0.05) is 0 Å². The number of methoxy groups -OCH3 is 1. The number of aliphatic hydroxyl groups excluding tert-OH is 1. The topological polar surface area (TPSA) is 59.0 Å². The third-order valence-corrected chi connectivity index (χ3v) is 1.80. The fourth-order valence-electron chi connectivity index (χ4n) is 1.05. The van der Waals surface area contributed by atoms with Gasteiger partial charge in [0.2, 0.25) is 0 Å². The number of rotatable bonds is 2. The number of hydroxylamine groups is 2. The summed E-state index contributed by atoms with van der Waals surface area (Å²) >= 11 is 0. The molecule has 70 valence electrons. The summed E-state index contributed by atoms with van der Waals surface area (Å²) in [7, 11) is 1.32. The zero-order valence-corrected chi connectivity index (χ0v) is 7.19. The number of aliphatic hydroxyl groups is 1. The zero-order valence-electron chi connectivity index (χ0n) is 7.19. The molecule has 1 saturated heterocycles. The molecule has 1 aliphatic heterocycles. The van der Waals surface area contributed by atoms with Crippen LogP contribution in [0.5, 0.6) is 0 Å². The second-order valence-electron chi connectivity index (χ2n) is 2.75. The number of ether oxygens (including phenoxy) is 1. The minimum absolute atomic E-state index is 0.251. The van der Waals surface area contributed by atoms with Crippen LogP contribution in [0.4, 0.5) is 0 Å². The normalized spacial score (nSPS) is 27.1. The highest BCUT2D eigenvalue weighted by molar-refractivity contribution is 5.74. The fourth-order valence-corrected chi connectivity index (χ4v) is 1.05. The van der Waals surface area contributed by atoms with Crippen molar-refractivity contribution in [1.29, 1.82) is 0 Å². The van der Waals surface area contributed by atoms with Crippen LogP contribution < -0.4 is 0 Å². The van der Waals surface area contributed by atoms with Gasteiger partial charge in [-0.15, -0.1) is 0 Å². The van der Waals surface area contributed by atoms with Gasteiger partial charge in [0.25, 0.3) is 0 Å². The van der Waals surface area contributed by atoms with Crippen molar-refractivity contribution in [3.05, 3.63) is 0 Å². The summed E-state index contributed by atoms with van der Waals surface area (Å²) in [5, 5.41) is 10.5. The Morgan fingerprint density at radius 1 is 1.83 bits per heavy atom. The van der Waals surface area contributed by atoms with E-state index in [2.05, 4.69) is 4.74 Å². The lowest BCUT2D eigenvalue weighted by Crippen LogP contribution is -2.37. The molecular formula is C7H13NO4. The maximum Gasteiger partial charge on any atom is 0.325 e. The van der Waals surface area contributed by atoms with Crippen molar-refractivity contribution in [3.8, 4) is 0 Å². The molecule has 5 nitrogen and oxygen atoms in total. The largest absolute Gasteiger partial charge is 0.468 e. The molecule has 1 N–H and O–H groups in total. The first-order chi connectivity index (χ1) is 5.65. The summed E-state index contributed by atoms with van der Waals surface area (Å²) in [6, 6.07) is -0.452. The van der Waals surface area contributed by atoms with Gasteiger partial charge in [0.05, 0.1) is 26.4 Å². The molecule has 0 aliphatic carbocycles. The van der Waals surface area contributed by atoms with E-state index in [1.165, 1.54) is 12.2 Å². The standard InChI is InChI=1S/C7H13NO4/c1-5(7(10)11-2)8-3-6(9)4-12-8/h5-6,9H,3-4H2,1-2H3/t5?,6-/m1/s1. The van der Waals surface area contributed by atoms with Crippen molar-refractivity contribution in [3.63, 3.8) is 0 Å². The molecule has 1 heterocycles. The van der Waals surface area contributed by atoms with Gasteiger partial charge >= 0.3 is 5.97 Å². The Bertz CT molecular complexity index is 173. The van der Waals surface area contributed by atoms with Gasteiger partial charge in [-0.25, -0.2) is 0 Å². The van der Waals surface area contributed by atoms with Crippen molar-refractivity contribution in [1.82, 2.24) is 5.06 Å². The average Bonchev–Trinajstić information content (AvgIpc) is 2.49. The molecule has 2 atom stereocenters. The second kappa shape index (κ2) is 3.84. The Labute approximate surface area is 70.8 Å². The number of hydrogen-bond donors (Lipinski definition) is 1. The molecule has 0 aromatic heterocycles. The quantitative estimate of drug-likeness (QED) is 0.554. The Balaban J connectivity index is 2.42. The molecule has 1 rings (SSSR count). The SMILES string of the molecule is COC(=O)C(C)N1C[C@@H](O)CO1. The molecule has 0 saturated carbocycles. The average molecular weight is 175 g/mol. The highest BCUT2D eigenvalue weighted by Gasteiger charge is 2.30. The maximum absolute atomic E-state index is 11.0. The Morgan fingerprint density at radius 2 is 2.50 bits per heavy atom. The Kier molecular flexibility index (Phi) is 3.02. The van der Waals surface area contributed by atoms with E-state index in [-0.39, 0.29) is 12.6 Å². The number of esters is 1. The number of carbonyl (C=O) groups excluding carboxylic acids is 1. The van der Waals surface area contributed by atoms with E-state index in [0.717, 1.165) is 0 Å². The van der Waals surface area contributed by atoms with Crippen LogP contribution in [0.2, 0.25) is 0 Å². The van der Waals surface area contributed by atoms with E-state index >= 15 is 0 Å². The van der Waals surface area contributed by atoms with Crippen LogP contribution >= 0.6 is 0 Å². The van der Waals surface area contributed by atoms with Gasteiger partial charge in [-0.3, -0.25) is 9.63 Å². The first-order valence-corrected chi connectivity index (χ1v) is 3.80. The fraction of sp³-hybridized carbons (Fsp3) is 0.857. The number of carbonyl (C=O) groups is 1. The lowest BCUT2D eigenvalue weighted by Gasteiger charge is -2.19. The molecule has 0 radical (unpaired) electrons. The van der Waals surface area contributed by atoms with Crippen LogP contribution in [0.1, 0.15) is 6.92 Å². The van der Waals surface area contributed by atoms with Crippen molar-refractivity contribution in [2.75, 3.05) is 20.3 Å². The van der Waals surface area contributed by atoms with Gasteiger partial charge in [-0.05, 0) is 6.92 Å². The van der Waals surface area contributed by atoms with E-state index in [1.807, 2.05) is 0 Å². The van der Waals surface area contributed by atoms with Crippen LogP contribution in [0.3, 0.4) is 0 Å². The maximum atomic E-state index is 11.0. The summed E-state index contributed by atoms with van der Waals surface area (Å²) < 4.78 is 4.52. The monoisotopic (exact) mass is 175 g/mol. The smallest absolute Gasteiger partial charge is 0.325 e. The first-order valence-electron chi connectivity index (χ1n) is 3.80. The molecule has 0 spiro atoms. The minimum Gasteiger partial charge on any atom is -0.468 e. The summed E-state index contributed by atoms with van der Waals surface area (Å²) in [5.41, 5.74) is 0. The lowest BCUT2D eigenvalue weighted by atomic mass is 10.3. The van der Waals surface area contributed by atoms with Crippen LogP contribution in [0.25, 0.3) is 0 Å². The van der Waals surface area contributed by atoms with Gasteiger partial charge in [-0.2, -0.15) is 5.06 Å². The highest BCUT2D eigenvalue weighted by atomic mass is 16.7. The number of β-amino-alcohol motifs (C(OH)–C–C–N with tert-alkyl or cyclic N) is 1. The number of nitrogens with zero attached hydrogens (tertiary/aromatic N) is 1. The van der Waals surface area contributed by atoms with E-state index in [9.17, 15) is 4.79 Å². The molecule has 12 heavy (non-hydrogen) atoms. The summed E-state index contributed by atoms with van der Waals surface area (Å²) in [4.78, 5) is 16.0. The summed E-state index contributed by atoms with van der Waals surface area (Å²) in [6.07, 6.45) is -0.503. The van der Waals surface area contributed by atoms with Gasteiger partial charge < -0.3 is 9.84 Å². The van der Waals surface area contributed by atoms with Crippen molar-refractivity contribution in [2.24, 2.45) is 0 Å². The predicted octanol–water partition coefficient (Wildman–Crippen LogP) is -0.844.